The maximum absolute atomic E-state index is 6.13. The van der Waals surface area contributed by atoms with Crippen LogP contribution in [0, 0.1) is 0 Å². The van der Waals surface area contributed by atoms with Crippen LogP contribution in [0.3, 0.4) is 0 Å². The molecule has 2 aliphatic heterocycles. The van der Waals surface area contributed by atoms with Gasteiger partial charge in [0.15, 0.2) is 5.96 Å². The molecule has 0 bridgehead atoms. The molecule has 0 aromatic heterocycles. The molecule has 2 aliphatic rings. The van der Waals surface area contributed by atoms with E-state index in [1.54, 1.807) is 7.11 Å². The molecular formula is C24H32N4O2. The molecule has 2 aromatic carbocycles. The molecule has 6 heteroatoms. The third-order valence-corrected chi connectivity index (χ3v) is 6.01. The average Bonchev–Trinajstić information content (AvgIpc) is 3.21. The number of methoxy groups -OCH3 is 1. The first-order chi connectivity index (χ1) is 14.8. The number of benzene rings is 2. The van der Waals surface area contributed by atoms with Gasteiger partial charge in [0.05, 0.1) is 25.4 Å². The summed E-state index contributed by atoms with van der Waals surface area (Å²) in [4.78, 5) is 9.44. The topological polar surface area (TPSA) is 49.3 Å². The molecule has 0 saturated carbocycles. The molecule has 2 heterocycles. The van der Waals surface area contributed by atoms with Crippen molar-refractivity contribution in [2.24, 2.45) is 4.99 Å². The number of guanidine groups is 1. The highest BCUT2D eigenvalue weighted by Crippen LogP contribution is 2.24. The summed E-state index contributed by atoms with van der Waals surface area (Å²) in [5.41, 5.74) is 3.79. The van der Waals surface area contributed by atoms with Gasteiger partial charge in [-0.1, -0.05) is 54.6 Å². The molecule has 30 heavy (non-hydrogen) atoms. The second-order valence-corrected chi connectivity index (χ2v) is 7.94. The fourth-order valence-corrected chi connectivity index (χ4v) is 4.48. The summed E-state index contributed by atoms with van der Waals surface area (Å²) < 4.78 is 11.5. The smallest absolute Gasteiger partial charge is 0.194 e. The van der Waals surface area contributed by atoms with Gasteiger partial charge in [-0.05, 0) is 16.7 Å². The summed E-state index contributed by atoms with van der Waals surface area (Å²) in [5, 5.41) is 3.55. The summed E-state index contributed by atoms with van der Waals surface area (Å²) in [7, 11) is 3.59. The number of aliphatic imine (C=N–C) groups is 1. The molecule has 1 N–H and O–H groups in total. The Morgan fingerprint density at radius 3 is 2.63 bits per heavy atom. The zero-order valence-corrected chi connectivity index (χ0v) is 18.0. The van der Waals surface area contributed by atoms with Crippen LogP contribution in [0.25, 0.3) is 0 Å². The predicted octanol–water partition coefficient (Wildman–Crippen LogP) is 2.49. The standard InChI is InChI=1S/C24H32N4O2/c1-25-24(26-14-20-10-6-7-11-21(20)18-29-2)28-16-22-23(17-28)30-13-12-27(22)15-19-8-4-3-5-9-19/h3-11,22-23H,12-18H2,1-2H3,(H,25,26). The van der Waals surface area contributed by atoms with Gasteiger partial charge in [-0.3, -0.25) is 9.89 Å². The minimum Gasteiger partial charge on any atom is -0.380 e. The molecule has 2 unspecified atom stereocenters. The lowest BCUT2D eigenvalue weighted by Gasteiger charge is -2.36. The summed E-state index contributed by atoms with van der Waals surface area (Å²) >= 11 is 0. The van der Waals surface area contributed by atoms with Gasteiger partial charge < -0.3 is 19.7 Å². The summed E-state index contributed by atoms with van der Waals surface area (Å²) in [6.07, 6.45) is 0.224. The van der Waals surface area contributed by atoms with E-state index in [2.05, 4.69) is 74.7 Å². The number of rotatable bonds is 6. The first kappa shape index (κ1) is 20.8. The molecule has 0 spiro atoms. The summed E-state index contributed by atoms with van der Waals surface area (Å²) in [5.74, 6) is 0.930. The summed E-state index contributed by atoms with van der Waals surface area (Å²) in [6.45, 7) is 5.87. The minimum absolute atomic E-state index is 0.224. The number of fused-ring (bicyclic) bond motifs is 1. The largest absolute Gasteiger partial charge is 0.380 e. The van der Waals surface area contributed by atoms with Crippen LogP contribution >= 0.6 is 0 Å². The Morgan fingerprint density at radius 1 is 1.10 bits per heavy atom. The Balaban J connectivity index is 1.39. The Morgan fingerprint density at radius 2 is 1.87 bits per heavy atom. The molecule has 6 nitrogen and oxygen atoms in total. The lowest BCUT2D eigenvalue weighted by Crippen LogP contribution is -2.50. The zero-order chi connectivity index (χ0) is 20.8. The normalized spacial score (nSPS) is 22.2. The molecular weight excluding hydrogens is 376 g/mol. The van der Waals surface area contributed by atoms with Crippen LogP contribution in [0.2, 0.25) is 0 Å². The second kappa shape index (κ2) is 10.1. The Kier molecular flexibility index (Phi) is 7.00. The molecule has 2 fully saturated rings. The Bertz CT molecular complexity index is 842. The Hall–Kier alpha value is -2.41. The van der Waals surface area contributed by atoms with Crippen molar-refractivity contribution in [1.29, 1.82) is 0 Å². The van der Waals surface area contributed by atoms with Crippen LogP contribution < -0.4 is 5.32 Å². The highest BCUT2D eigenvalue weighted by atomic mass is 16.5. The number of likely N-dealkylation sites (tertiary alicyclic amines) is 1. The fourth-order valence-electron chi connectivity index (χ4n) is 4.48. The number of morpholine rings is 1. The maximum Gasteiger partial charge on any atom is 0.194 e. The number of hydrogen-bond donors (Lipinski definition) is 1. The summed E-state index contributed by atoms with van der Waals surface area (Å²) in [6, 6.07) is 19.5. The van der Waals surface area contributed by atoms with E-state index in [0.29, 0.717) is 12.6 Å². The van der Waals surface area contributed by atoms with Crippen LogP contribution in [0.1, 0.15) is 16.7 Å². The van der Waals surface area contributed by atoms with E-state index in [0.717, 1.165) is 45.3 Å². The van der Waals surface area contributed by atoms with E-state index in [9.17, 15) is 0 Å². The molecule has 0 aliphatic carbocycles. The molecule has 0 radical (unpaired) electrons. The number of nitrogens with zero attached hydrogens (tertiary/aromatic N) is 3. The SMILES string of the molecule is CN=C(NCc1ccccc1COC)N1CC2OCCN(Cc3ccccc3)C2C1. The molecule has 0 amide bonds. The number of nitrogens with one attached hydrogen (secondary N) is 1. The third kappa shape index (κ3) is 4.83. The van der Waals surface area contributed by atoms with Crippen molar-refractivity contribution in [2.75, 3.05) is 40.4 Å². The van der Waals surface area contributed by atoms with Crippen LogP contribution in [-0.2, 0) is 29.2 Å². The second-order valence-electron chi connectivity index (χ2n) is 7.94. The van der Waals surface area contributed by atoms with Gasteiger partial charge in [0.2, 0.25) is 0 Å². The van der Waals surface area contributed by atoms with Crippen molar-refractivity contribution in [1.82, 2.24) is 15.1 Å². The molecule has 2 saturated heterocycles. The van der Waals surface area contributed by atoms with E-state index in [1.807, 2.05) is 7.05 Å². The van der Waals surface area contributed by atoms with Crippen molar-refractivity contribution >= 4 is 5.96 Å². The van der Waals surface area contributed by atoms with Crippen molar-refractivity contribution in [3.8, 4) is 0 Å². The van der Waals surface area contributed by atoms with E-state index in [-0.39, 0.29) is 6.10 Å². The van der Waals surface area contributed by atoms with Gasteiger partial charge in [0.25, 0.3) is 0 Å². The highest BCUT2D eigenvalue weighted by Gasteiger charge is 2.41. The predicted molar refractivity (Wildman–Crippen MR) is 119 cm³/mol. The molecule has 2 aromatic rings. The van der Waals surface area contributed by atoms with Crippen molar-refractivity contribution in [2.45, 2.75) is 31.8 Å². The van der Waals surface area contributed by atoms with Crippen LogP contribution in [0.4, 0.5) is 0 Å². The van der Waals surface area contributed by atoms with Crippen molar-refractivity contribution in [3.63, 3.8) is 0 Å². The van der Waals surface area contributed by atoms with E-state index < -0.39 is 0 Å². The lowest BCUT2D eigenvalue weighted by molar-refractivity contribution is -0.0502. The first-order valence-corrected chi connectivity index (χ1v) is 10.7. The van der Waals surface area contributed by atoms with Crippen LogP contribution in [-0.4, -0.2) is 68.3 Å². The fraction of sp³-hybridized carbons (Fsp3) is 0.458. The van der Waals surface area contributed by atoms with Gasteiger partial charge in [0.1, 0.15) is 0 Å². The van der Waals surface area contributed by atoms with E-state index in [4.69, 9.17) is 9.47 Å². The van der Waals surface area contributed by atoms with Gasteiger partial charge in [0, 0.05) is 46.9 Å². The van der Waals surface area contributed by atoms with Crippen molar-refractivity contribution < 1.29 is 9.47 Å². The quantitative estimate of drug-likeness (QED) is 0.588. The minimum atomic E-state index is 0.224. The van der Waals surface area contributed by atoms with E-state index in [1.165, 1.54) is 16.7 Å². The number of ether oxygens (including phenoxy) is 2. The van der Waals surface area contributed by atoms with Crippen LogP contribution in [0.5, 0.6) is 0 Å². The average molecular weight is 409 g/mol. The van der Waals surface area contributed by atoms with Gasteiger partial charge in [-0.2, -0.15) is 0 Å². The van der Waals surface area contributed by atoms with Gasteiger partial charge in [-0.25, -0.2) is 0 Å². The molecule has 2 atom stereocenters. The third-order valence-electron chi connectivity index (χ3n) is 6.01. The van der Waals surface area contributed by atoms with Gasteiger partial charge >= 0.3 is 0 Å². The molecule has 160 valence electrons. The maximum atomic E-state index is 6.13. The highest BCUT2D eigenvalue weighted by molar-refractivity contribution is 5.80. The van der Waals surface area contributed by atoms with Gasteiger partial charge in [-0.15, -0.1) is 0 Å². The Labute approximate surface area is 179 Å². The first-order valence-electron chi connectivity index (χ1n) is 10.7. The zero-order valence-electron chi connectivity index (χ0n) is 18.0. The lowest BCUT2D eigenvalue weighted by atomic mass is 10.1. The van der Waals surface area contributed by atoms with E-state index >= 15 is 0 Å². The number of hydrogen-bond acceptors (Lipinski definition) is 4. The van der Waals surface area contributed by atoms with Crippen molar-refractivity contribution in [3.05, 3.63) is 71.3 Å². The monoisotopic (exact) mass is 408 g/mol. The van der Waals surface area contributed by atoms with Crippen LogP contribution in [0.15, 0.2) is 59.6 Å². The molecule has 4 rings (SSSR count).